The zero-order valence-electron chi connectivity index (χ0n) is 7.54. The second kappa shape index (κ2) is 2.92. The molecule has 1 atom stereocenters. The quantitative estimate of drug-likeness (QED) is 0.559. The molecule has 1 aromatic rings. The number of fused-ring (bicyclic) bond motifs is 1. The average molecular weight is 179 g/mol. The monoisotopic (exact) mass is 179 g/mol. The minimum Gasteiger partial charge on any atom is -0.508 e. The van der Waals surface area contributed by atoms with Crippen molar-refractivity contribution in [2.24, 2.45) is 0 Å². The second-order valence-electron chi connectivity index (χ2n) is 3.59. The van der Waals surface area contributed by atoms with Gasteiger partial charge in [0.2, 0.25) is 0 Å². The van der Waals surface area contributed by atoms with Crippen LogP contribution >= 0.6 is 0 Å². The Morgan fingerprint density at radius 1 is 1.38 bits per heavy atom. The van der Waals surface area contributed by atoms with E-state index >= 15 is 0 Å². The summed E-state index contributed by atoms with van der Waals surface area (Å²) in [6.45, 7) is 2.77. The van der Waals surface area contributed by atoms with Crippen LogP contribution in [0, 0.1) is 0 Å². The van der Waals surface area contributed by atoms with E-state index in [0.717, 1.165) is 17.5 Å². The third kappa shape index (κ3) is 1.47. The van der Waals surface area contributed by atoms with Crippen LogP contribution in [0.5, 0.6) is 11.5 Å². The number of phenols is 2. The van der Waals surface area contributed by atoms with Gasteiger partial charge in [-0.3, -0.25) is 0 Å². The molecule has 70 valence electrons. The van der Waals surface area contributed by atoms with Crippen LogP contribution in [0.4, 0.5) is 0 Å². The second-order valence-corrected chi connectivity index (χ2v) is 3.59. The number of hydrogen-bond acceptors (Lipinski definition) is 3. The van der Waals surface area contributed by atoms with Gasteiger partial charge in [-0.15, -0.1) is 0 Å². The number of rotatable bonds is 0. The van der Waals surface area contributed by atoms with Crippen LogP contribution < -0.4 is 5.32 Å². The molecule has 0 spiro atoms. The smallest absolute Gasteiger partial charge is 0.124 e. The van der Waals surface area contributed by atoms with Gasteiger partial charge in [-0.25, -0.2) is 0 Å². The summed E-state index contributed by atoms with van der Waals surface area (Å²) in [5, 5.41) is 22.1. The van der Waals surface area contributed by atoms with Gasteiger partial charge in [0, 0.05) is 24.2 Å². The fourth-order valence-electron chi connectivity index (χ4n) is 1.76. The summed E-state index contributed by atoms with van der Waals surface area (Å²) in [7, 11) is 0. The van der Waals surface area contributed by atoms with Crippen molar-refractivity contribution in [1.29, 1.82) is 0 Å². The maximum atomic E-state index is 9.52. The average Bonchev–Trinajstić information content (AvgIpc) is 2.02. The molecule has 3 N–H and O–H groups in total. The summed E-state index contributed by atoms with van der Waals surface area (Å²) in [4.78, 5) is 0. The predicted octanol–water partition coefficient (Wildman–Crippen LogP) is 1.13. The van der Waals surface area contributed by atoms with Crippen molar-refractivity contribution >= 4 is 0 Å². The SMILES string of the molecule is CC1Cc2cc(O)cc(O)c2CN1. The Bertz CT molecular complexity index is 336. The first-order chi connectivity index (χ1) is 6.16. The Morgan fingerprint density at radius 2 is 2.15 bits per heavy atom. The van der Waals surface area contributed by atoms with E-state index in [1.165, 1.54) is 6.07 Å². The van der Waals surface area contributed by atoms with Crippen LogP contribution in [-0.4, -0.2) is 16.3 Å². The largest absolute Gasteiger partial charge is 0.508 e. The van der Waals surface area contributed by atoms with Gasteiger partial charge in [-0.1, -0.05) is 0 Å². The first kappa shape index (κ1) is 8.38. The maximum absolute atomic E-state index is 9.52. The summed E-state index contributed by atoms with van der Waals surface area (Å²) in [6.07, 6.45) is 0.858. The van der Waals surface area contributed by atoms with Crippen molar-refractivity contribution in [3.8, 4) is 11.5 Å². The Labute approximate surface area is 77.0 Å². The molecule has 1 aliphatic heterocycles. The molecule has 0 aliphatic carbocycles. The van der Waals surface area contributed by atoms with Crippen LogP contribution in [0.3, 0.4) is 0 Å². The molecule has 0 fully saturated rings. The van der Waals surface area contributed by atoms with E-state index in [4.69, 9.17) is 0 Å². The highest BCUT2D eigenvalue weighted by atomic mass is 16.3. The molecular weight excluding hydrogens is 166 g/mol. The summed E-state index contributed by atoms with van der Waals surface area (Å²) < 4.78 is 0. The summed E-state index contributed by atoms with van der Waals surface area (Å²) in [5.74, 6) is 0.333. The molecule has 1 aliphatic rings. The van der Waals surface area contributed by atoms with Crippen LogP contribution in [0.2, 0.25) is 0 Å². The highest BCUT2D eigenvalue weighted by Gasteiger charge is 2.17. The van der Waals surface area contributed by atoms with Crippen molar-refractivity contribution < 1.29 is 10.2 Å². The van der Waals surface area contributed by atoms with Gasteiger partial charge in [0.15, 0.2) is 0 Å². The molecule has 1 aromatic carbocycles. The van der Waals surface area contributed by atoms with E-state index in [9.17, 15) is 10.2 Å². The lowest BCUT2D eigenvalue weighted by Gasteiger charge is -2.23. The Balaban J connectivity index is 2.47. The van der Waals surface area contributed by atoms with E-state index < -0.39 is 0 Å². The lowest BCUT2D eigenvalue weighted by Crippen LogP contribution is -2.32. The van der Waals surface area contributed by atoms with Crippen molar-refractivity contribution in [1.82, 2.24) is 5.32 Å². The molecule has 0 bridgehead atoms. The van der Waals surface area contributed by atoms with E-state index in [2.05, 4.69) is 12.2 Å². The van der Waals surface area contributed by atoms with E-state index in [0.29, 0.717) is 12.6 Å². The standard InChI is InChI=1S/C10H13NO2/c1-6-2-7-3-8(12)4-10(13)9(7)5-11-6/h3-4,6,11-13H,2,5H2,1H3. The third-order valence-corrected chi connectivity index (χ3v) is 2.46. The Kier molecular flexibility index (Phi) is 1.88. The van der Waals surface area contributed by atoms with Gasteiger partial charge < -0.3 is 15.5 Å². The first-order valence-corrected chi connectivity index (χ1v) is 4.44. The first-order valence-electron chi connectivity index (χ1n) is 4.44. The summed E-state index contributed by atoms with van der Waals surface area (Å²) >= 11 is 0. The summed E-state index contributed by atoms with van der Waals surface area (Å²) in [5.41, 5.74) is 1.96. The number of nitrogens with one attached hydrogen (secondary N) is 1. The van der Waals surface area contributed by atoms with Crippen molar-refractivity contribution in [2.45, 2.75) is 25.9 Å². The van der Waals surface area contributed by atoms with Gasteiger partial charge in [-0.05, 0) is 25.0 Å². The van der Waals surface area contributed by atoms with Crippen LogP contribution in [0.1, 0.15) is 18.1 Å². The minimum absolute atomic E-state index is 0.144. The highest BCUT2D eigenvalue weighted by Crippen LogP contribution is 2.30. The Morgan fingerprint density at radius 3 is 2.92 bits per heavy atom. The zero-order chi connectivity index (χ0) is 9.42. The van der Waals surface area contributed by atoms with Gasteiger partial charge in [0.25, 0.3) is 0 Å². The van der Waals surface area contributed by atoms with E-state index in [-0.39, 0.29) is 11.5 Å². The van der Waals surface area contributed by atoms with Crippen LogP contribution in [-0.2, 0) is 13.0 Å². The fraction of sp³-hybridized carbons (Fsp3) is 0.400. The molecule has 0 saturated heterocycles. The maximum Gasteiger partial charge on any atom is 0.124 e. The minimum atomic E-state index is 0.144. The molecule has 0 aromatic heterocycles. The van der Waals surface area contributed by atoms with Crippen molar-refractivity contribution in [3.05, 3.63) is 23.3 Å². The summed E-state index contributed by atoms with van der Waals surface area (Å²) in [6, 6.07) is 3.52. The molecule has 1 unspecified atom stereocenters. The number of benzene rings is 1. The molecule has 1 heterocycles. The number of hydrogen-bond donors (Lipinski definition) is 3. The zero-order valence-corrected chi connectivity index (χ0v) is 7.54. The fourth-order valence-corrected chi connectivity index (χ4v) is 1.76. The molecule has 13 heavy (non-hydrogen) atoms. The van der Waals surface area contributed by atoms with Gasteiger partial charge in [-0.2, -0.15) is 0 Å². The normalized spacial score (nSPS) is 21.2. The number of phenolic OH excluding ortho intramolecular Hbond substituents is 2. The topological polar surface area (TPSA) is 52.5 Å². The van der Waals surface area contributed by atoms with Gasteiger partial charge in [0.05, 0.1) is 0 Å². The third-order valence-electron chi connectivity index (χ3n) is 2.46. The predicted molar refractivity (Wildman–Crippen MR) is 49.8 cm³/mol. The molecule has 3 nitrogen and oxygen atoms in total. The highest BCUT2D eigenvalue weighted by molar-refractivity contribution is 5.46. The lowest BCUT2D eigenvalue weighted by molar-refractivity contribution is 0.428. The molecule has 0 amide bonds. The van der Waals surface area contributed by atoms with E-state index in [1.54, 1.807) is 6.07 Å². The van der Waals surface area contributed by atoms with E-state index in [1.807, 2.05) is 0 Å². The van der Waals surface area contributed by atoms with Crippen molar-refractivity contribution in [2.75, 3.05) is 0 Å². The van der Waals surface area contributed by atoms with Crippen LogP contribution in [0.25, 0.3) is 0 Å². The molecular formula is C10H13NO2. The van der Waals surface area contributed by atoms with Gasteiger partial charge in [0.1, 0.15) is 11.5 Å². The number of aromatic hydroxyl groups is 2. The molecule has 3 heteroatoms. The molecule has 0 saturated carbocycles. The van der Waals surface area contributed by atoms with Crippen molar-refractivity contribution in [3.63, 3.8) is 0 Å². The van der Waals surface area contributed by atoms with Gasteiger partial charge >= 0.3 is 0 Å². The molecule has 2 rings (SSSR count). The molecule has 0 radical (unpaired) electrons. The lowest BCUT2D eigenvalue weighted by atomic mass is 9.95. The Hall–Kier alpha value is -1.22. The van der Waals surface area contributed by atoms with Crippen LogP contribution in [0.15, 0.2) is 12.1 Å².